The van der Waals surface area contributed by atoms with Crippen LogP contribution in [0.3, 0.4) is 0 Å². The molecule has 3 nitrogen and oxygen atoms in total. The molecule has 0 N–H and O–H groups in total. The van der Waals surface area contributed by atoms with E-state index in [4.69, 9.17) is 0 Å². The number of rotatable bonds is 3. The van der Waals surface area contributed by atoms with Crippen molar-refractivity contribution in [3.05, 3.63) is 35.9 Å². The summed E-state index contributed by atoms with van der Waals surface area (Å²) in [5.74, 6) is -0.959. The van der Waals surface area contributed by atoms with E-state index in [1.54, 1.807) is 12.1 Å². The smallest absolute Gasteiger partial charge is 0.383 e. The molecule has 0 aliphatic rings. The van der Waals surface area contributed by atoms with E-state index >= 15 is 0 Å². The molecule has 0 saturated heterocycles. The van der Waals surface area contributed by atoms with E-state index in [9.17, 15) is 9.59 Å². The molecular weight excluding hydrogens is 156 g/mol. The van der Waals surface area contributed by atoms with Crippen LogP contribution in [0, 0.1) is 0 Å². The molecule has 0 saturated carbocycles. The van der Waals surface area contributed by atoms with Crippen molar-refractivity contribution in [2.75, 3.05) is 0 Å². The van der Waals surface area contributed by atoms with Gasteiger partial charge in [-0.05, 0) is 5.56 Å². The molecule has 0 heterocycles. The number of benzene rings is 1. The van der Waals surface area contributed by atoms with Crippen LogP contribution < -0.4 is 0 Å². The van der Waals surface area contributed by atoms with Crippen molar-refractivity contribution in [2.45, 2.75) is 6.61 Å². The SMILES string of the molecule is O=[C]C(=O)OCc1ccccc1. The van der Waals surface area contributed by atoms with Gasteiger partial charge in [0, 0.05) is 0 Å². The monoisotopic (exact) mass is 163 g/mol. The van der Waals surface area contributed by atoms with Crippen LogP contribution in [0.5, 0.6) is 0 Å². The van der Waals surface area contributed by atoms with Crippen molar-refractivity contribution in [3.63, 3.8) is 0 Å². The van der Waals surface area contributed by atoms with Gasteiger partial charge in [0.15, 0.2) is 0 Å². The van der Waals surface area contributed by atoms with Gasteiger partial charge in [-0.1, -0.05) is 30.3 Å². The zero-order valence-electron chi connectivity index (χ0n) is 6.32. The number of ether oxygens (including phenoxy) is 1. The molecular formula is C9H7O3. The predicted molar refractivity (Wildman–Crippen MR) is 41.9 cm³/mol. The summed E-state index contributed by atoms with van der Waals surface area (Å²) >= 11 is 0. The normalized spacial score (nSPS) is 9.00. The van der Waals surface area contributed by atoms with Crippen molar-refractivity contribution in [1.82, 2.24) is 0 Å². The zero-order valence-corrected chi connectivity index (χ0v) is 6.32. The van der Waals surface area contributed by atoms with Gasteiger partial charge in [-0.25, -0.2) is 4.79 Å². The molecule has 0 bridgehead atoms. The van der Waals surface area contributed by atoms with Crippen molar-refractivity contribution in [1.29, 1.82) is 0 Å². The minimum atomic E-state index is -0.959. The Kier molecular flexibility index (Phi) is 3.02. The van der Waals surface area contributed by atoms with Gasteiger partial charge in [0.05, 0.1) is 0 Å². The summed E-state index contributed by atoms with van der Waals surface area (Å²) in [6, 6.07) is 9.12. The van der Waals surface area contributed by atoms with Crippen LogP contribution >= 0.6 is 0 Å². The van der Waals surface area contributed by atoms with E-state index < -0.39 is 5.97 Å². The molecule has 1 radical (unpaired) electrons. The van der Waals surface area contributed by atoms with Crippen LogP contribution in [0.15, 0.2) is 30.3 Å². The van der Waals surface area contributed by atoms with E-state index in [-0.39, 0.29) is 6.61 Å². The van der Waals surface area contributed by atoms with Gasteiger partial charge in [0.2, 0.25) is 0 Å². The lowest BCUT2D eigenvalue weighted by Crippen LogP contribution is -2.04. The van der Waals surface area contributed by atoms with E-state index in [1.165, 1.54) is 0 Å². The Balaban J connectivity index is 2.43. The van der Waals surface area contributed by atoms with Crippen molar-refractivity contribution in [2.24, 2.45) is 0 Å². The number of esters is 1. The summed E-state index contributed by atoms with van der Waals surface area (Å²) in [5.41, 5.74) is 0.848. The first-order valence-corrected chi connectivity index (χ1v) is 3.42. The molecule has 0 aromatic heterocycles. The molecule has 1 aromatic rings. The average molecular weight is 163 g/mol. The van der Waals surface area contributed by atoms with Gasteiger partial charge in [0.1, 0.15) is 6.61 Å². The molecule has 0 spiro atoms. The number of carbonyl (C=O) groups is 1. The minimum absolute atomic E-state index is 0.120. The van der Waals surface area contributed by atoms with E-state index in [0.717, 1.165) is 11.8 Å². The summed E-state index contributed by atoms with van der Waals surface area (Å²) in [4.78, 5) is 20.1. The first-order valence-electron chi connectivity index (χ1n) is 3.42. The van der Waals surface area contributed by atoms with Crippen LogP contribution in [-0.2, 0) is 20.9 Å². The maximum Gasteiger partial charge on any atom is 0.383 e. The molecule has 0 amide bonds. The second-order valence-electron chi connectivity index (χ2n) is 2.16. The van der Waals surface area contributed by atoms with Gasteiger partial charge >= 0.3 is 12.3 Å². The topological polar surface area (TPSA) is 43.4 Å². The van der Waals surface area contributed by atoms with Gasteiger partial charge in [-0.2, -0.15) is 0 Å². The molecule has 1 rings (SSSR count). The van der Waals surface area contributed by atoms with Gasteiger partial charge in [0.25, 0.3) is 0 Å². The molecule has 61 valence electrons. The molecule has 0 aliphatic heterocycles. The second-order valence-corrected chi connectivity index (χ2v) is 2.16. The lowest BCUT2D eigenvalue weighted by atomic mass is 10.2. The quantitative estimate of drug-likeness (QED) is 0.490. The van der Waals surface area contributed by atoms with Crippen LogP contribution in [-0.4, -0.2) is 12.3 Å². The molecule has 12 heavy (non-hydrogen) atoms. The zero-order chi connectivity index (χ0) is 8.81. The van der Waals surface area contributed by atoms with Gasteiger partial charge in [-0.3, -0.25) is 4.79 Å². The molecule has 3 heteroatoms. The van der Waals surface area contributed by atoms with Gasteiger partial charge in [-0.15, -0.1) is 0 Å². The summed E-state index contributed by atoms with van der Waals surface area (Å²) in [6.45, 7) is 0.120. The predicted octanol–water partition coefficient (Wildman–Crippen LogP) is 0.839. The van der Waals surface area contributed by atoms with Crippen molar-refractivity contribution < 1.29 is 14.3 Å². The summed E-state index contributed by atoms with van der Waals surface area (Å²) in [7, 11) is 0. The standard InChI is InChI=1S/C9H7O3/c10-6-9(11)12-7-8-4-2-1-3-5-8/h1-5H,7H2. The summed E-state index contributed by atoms with van der Waals surface area (Å²) in [6.07, 6.45) is 1.12. The Morgan fingerprint density at radius 1 is 1.33 bits per heavy atom. The molecule has 1 aromatic carbocycles. The molecule has 0 aliphatic carbocycles. The maximum atomic E-state index is 10.3. The van der Waals surface area contributed by atoms with Crippen LogP contribution in [0.4, 0.5) is 0 Å². The third-order valence-corrected chi connectivity index (χ3v) is 1.30. The number of hydrogen-bond acceptors (Lipinski definition) is 3. The lowest BCUT2D eigenvalue weighted by molar-refractivity contribution is -0.136. The Hall–Kier alpha value is -1.64. The Morgan fingerprint density at radius 3 is 2.58 bits per heavy atom. The van der Waals surface area contributed by atoms with Crippen molar-refractivity contribution in [3.8, 4) is 0 Å². The van der Waals surface area contributed by atoms with E-state index in [0.29, 0.717) is 0 Å². The van der Waals surface area contributed by atoms with E-state index in [1.807, 2.05) is 18.2 Å². The Morgan fingerprint density at radius 2 is 2.00 bits per heavy atom. The van der Waals surface area contributed by atoms with Gasteiger partial charge < -0.3 is 4.74 Å². The fraction of sp³-hybridized carbons (Fsp3) is 0.111. The largest absolute Gasteiger partial charge is 0.455 e. The first-order chi connectivity index (χ1) is 5.83. The number of carbonyl (C=O) groups excluding carboxylic acids is 2. The van der Waals surface area contributed by atoms with Crippen LogP contribution in [0.25, 0.3) is 0 Å². The highest BCUT2D eigenvalue weighted by Crippen LogP contribution is 1.99. The summed E-state index contributed by atoms with van der Waals surface area (Å²) < 4.78 is 4.51. The lowest BCUT2D eigenvalue weighted by Gasteiger charge is -1.98. The average Bonchev–Trinajstić information content (AvgIpc) is 2.16. The fourth-order valence-electron chi connectivity index (χ4n) is 0.753. The first kappa shape index (κ1) is 8.46. The third kappa shape index (κ3) is 2.54. The van der Waals surface area contributed by atoms with E-state index in [2.05, 4.69) is 4.74 Å². The summed E-state index contributed by atoms with van der Waals surface area (Å²) in [5, 5.41) is 0. The Bertz CT molecular complexity index is 266. The van der Waals surface area contributed by atoms with Crippen LogP contribution in [0.2, 0.25) is 0 Å². The maximum absolute atomic E-state index is 10.3. The molecule has 0 unspecified atom stereocenters. The second kappa shape index (κ2) is 4.28. The minimum Gasteiger partial charge on any atom is -0.455 e. The van der Waals surface area contributed by atoms with Crippen LogP contribution in [0.1, 0.15) is 5.56 Å². The highest BCUT2D eigenvalue weighted by Gasteiger charge is 1.99. The highest BCUT2D eigenvalue weighted by atomic mass is 16.5. The fourth-order valence-corrected chi connectivity index (χ4v) is 0.753. The molecule has 0 atom stereocenters. The highest BCUT2D eigenvalue weighted by molar-refractivity contribution is 6.20. The van der Waals surface area contributed by atoms with Crippen molar-refractivity contribution >= 4 is 12.3 Å². The number of hydrogen-bond donors (Lipinski definition) is 0. The molecule has 0 fully saturated rings. The Labute approximate surface area is 70.0 Å². The third-order valence-electron chi connectivity index (χ3n) is 1.30.